The van der Waals surface area contributed by atoms with Crippen molar-refractivity contribution >= 4 is 28.4 Å². The van der Waals surface area contributed by atoms with Gasteiger partial charge in [-0.2, -0.15) is 5.10 Å². The van der Waals surface area contributed by atoms with Gasteiger partial charge in [0.1, 0.15) is 0 Å². The minimum atomic E-state index is -0.556. The maximum Gasteiger partial charge on any atom is 0.251 e. The number of aryl methyl sites for hydroxylation is 1. The number of nitrogens with zero attached hydrogens (tertiary/aromatic N) is 2. The van der Waals surface area contributed by atoms with Crippen LogP contribution in [0.5, 0.6) is 0 Å². The Morgan fingerprint density at radius 3 is 2.72 bits per heavy atom. The van der Waals surface area contributed by atoms with E-state index in [4.69, 9.17) is 5.73 Å². The smallest absolute Gasteiger partial charge is 0.251 e. The third-order valence-electron chi connectivity index (χ3n) is 4.22. The van der Waals surface area contributed by atoms with E-state index in [1.165, 1.54) is 0 Å². The average Bonchev–Trinajstić information content (AvgIpc) is 2.97. The second kappa shape index (κ2) is 6.76. The Hall–Kier alpha value is -3.15. The van der Waals surface area contributed by atoms with E-state index in [0.29, 0.717) is 17.8 Å². The van der Waals surface area contributed by atoms with Gasteiger partial charge in [-0.3, -0.25) is 14.3 Å². The van der Waals surface area contributed by atoms with E-state index >= 15 is 0 Å². The minimum absolute atomic E-state index is 0.187. The highest BCUT2D eigenvalue weighted by molar-refractivity contribution is 6.04. The maximum atomic E-state index is 12.6. The van der Waals surface area contributed by atoms with Crippen LogP contribution in [0, 0.1) is 12.8 Å². The molecule has 0 bridgehead atoms. The number of hydrogen-bond donors (Lipinski definition) is 2. The molecule has 0 spiro atoms. The summed E-state index contributed by atoms with van der Waals surface area (Å²) >= 11 is 0. The van der Waals surface area contributed by atoms with Crippen molar-refractivity contribution in [2.24, 2.45) is 11.7 Å². The van der Waals surface area contributed by atoms with Crippen molar-refractivity contribution in [2.75, 3.05) is 5.32 Å². The van der Waals surface area contributed by atoms with Crippen LogP contribution in [0.2, 0.25) is 0 Å². The number of carbonyl (C=O) groups excluding carboxylic acids is 2. The Morgan fingerprint density at radius 1 is 1.20 bits per heavy atom. The number of anilines is 1. The summed E-state index contributed by atoms with van der Waals surface area (Å²) < 4.78 is 1.81. The zero-order valence-electron chi connectivity index (χ0n) is 14.2. The largest absolute Gasteiger partial charge is 0.366 e. The quantitative estimate of drug-likeness (QED) is 0.750. The molecule has 1 heterocycles. The van der Waals surface area contributed by atoms with Crippen molar-refractivity contribution in [3.8, 4) is 0 Å². The van der Waals surface area contributed by atoms with Gasteiger partial charge < -0.3 is 11.1 Å². The number of fused-ring (bicyclic) bond motifs is 1. The van der Waals surface area contributed by atoms with Crippen molar-refractivity contribution in [1.82, 2.24) is 9.78 Å². The normalized spacial score (nSPS) is 12.1. The molecule has 0 fully saturated rings. The summed E-state index contributed by atoms with van der Waals surface area (Å²) in [4.78, 5) is 24.2. The van der Waals surface area contributed by atoms with Crippen LogP contribution in [-0.2, 0) is 11.3 Å². The number of hydrogen-bond acceptors (Lipinski definition) is 3. The summed E-state index contributed by atoms with van der Waals surface area (Å²) in [5.41, 5.74) is 7.93. The highest BCUT2D eigenvalue weighted by Gasteiger charge is 2.18. The Labute approximate surface area is 145 Å². The fourth-order valence-electron chi connectivity index (χ4n) is 2.87. The summed E-state index contributed by atoms with van der Waals surface area (Å²) in [6, 6.07) is 13.1. The van der Waals surface area contributed by atoms with E-state index in [2.05, 4.69) is 10.4 Å². The standard InChI is InChI=1S/C19H20N4O2/c1-12-6-5-8-15(17(12)18(20)24)22-19(25)13(2)11-23-16-9-4-3-7-14(16)10-21-23/h3-10,13H,11H2,1-2H3,(H2,20,24)(H,22,25)/t13-/m0/s1. The lowest BCUT2D eigenvalue weighted by molar-refractivity contribution is -0.119. The summed E-state index contributed by atoms with van der Waals surface area (Å²) in [6.07, 6.45) is 1.78. The monoisotopic (exact) mass is 336 g/mol. The number of para-hydroxylation sites is 1. The second-order valence-corrected chi connectivity index (χ2v) is 6.14. The van der Waals surface area contributed by atoms with Crippen LogP contribution in [0.1, 0.15) is 22.8 Å². The molecule has 0 aliphatic carbocycles. The van der Waals surface area contributed by atoms with E-state index in [1.807, 2.05) is 35.9 Å². The minimum Gasteiger partial charge on any atom is -0.366 e. The van der Waals surface area contributed by atoms with Gasteiger partial charge in [-0.25, -0.2) is 0 Å². The topological polar surface area (TPSA) is 90.0 Å². The Morgan fingerprint density at radius 2 is 1.96 bits per heavy atom. The Bertz CT molecular complexity index is 946. The Balaban J connectivity index is 1.78. The van der Waals surface area contributed by atoms with Gasteiger partial charge in [0.2, 0.25) is 5.91 Å². The number of nitrogens with two attached hydrogens (primary N) is 1. The highest BCUT2D eigenvalue weighted by atomic mass is 16.2. The van der Waals surface area contributed by atoms with Crippen molar-refractivity contribution in [1.29, 1.82) is 0 Å². The van der Waals surface area contributed by atoms with Crippen molar-refractivity contribution in [2.45, 2.75) is 20.4 Å². The maximum absolute atomic E-state index is 12.6. The first-order chi connectivity index (χ1) is 12.0. The van der Waals surface area contributed by atoms with Crippen LogP contribution in [0.3, 0.4) is 0 Å². The van der Waals surface area contributed by atoms with Crippen LogP contribution >= 0.6 is 0 Å². The summed E-state index contributed by atoms with van der Waals surface area (Å²) in [5, 5.41) is 8.19. The molecule has 0 radical (unpaired) electrons. The molecular weight excluding hydrogens is 316 g/mol. The van der Waals surface area contributed by atoms with Gasteiger partial charge >= 0.3 is 0 Å². The molecule has 1 aromatic heterocycles. The van der Waals surface area contributed by atoms with Gasteiger partial charge in [0.25, 0.3) is 5.91 Å². The first-order valence-corrected chi connectivity index (χ1v) is 8.08. The molecule has 3 N–H and O–H groups in total. The zero-order chi connectivity index (χ0) is 18.0. The van der Waals surface area contributed by atoms with Gasteiger partial charge in [0.05, 0.1) is 35.4 Å². The predicted molar refractivity (Wildman–Crippen MR) is 97.2 cm³/mol. The van der Waals surface area contributed by atoms with Crippen LogP contribution in [0.25, 0.3) is 10.9 Å². The fourth-order valence-corrected chi connectivity index (χ4v) is 2.87. The van der Waals surface area contributed by atoms with Gasteiger partial charge in [-0.05, 0) is 24.6 Å². The van der Waals surface area contributed by atoms with Gasteiger partial charge in [0, 0.05) is 5.39 Å². The van der Waals surface area contributed by atoms with Crippen molar-refractivity contribution in [3.05, 3.63) is 59.8 Å². The molecule has 0 saturated carbocycles. The lowest BCUT2D eigenvalue weighted by Crippen LogP contribution is -2.26. The van der Waals surface area contributed by atoms with E-state index < -0.39 is 5.91 Å². The molecular formula is C19H20N4O2. The summed E-state index contributed by atoms with van der Waals surface area (Å²) in [5.74, 6) is -1.07. The predicted octanol–water partition coefficient (Wildman–Crippen LogP) is 2.72. The van der Waals surface area contributed by atoms with E-state index in [9.17, 15) is 9.59 Å². The van der Waals surface area contributed by atoms with E-state index in [0.717, 1.165) is 16.5 Å². The molecule has 2 amide bonds. The number of aromatic nitrogens is 2. The van der Waals surface area contributed by atoms with E-state index in [-0.39, 0.29) is 11.8 Å². The lowest BCUT2D eigenvalue weighted by Gasteiger charge is -2.15. The molecule has 25 heavy (non-hydrogen) atoms. The van der Waals surface area contributed by atoms with Crippen LogP contribution in [0.15, 0.2) is 48.7 Å². The number of rotatable bonds is 5. The summed E-state index contributed by atoms with van der Waals surface area (Å²) in [7, 11) is 0. The number of benzene rings is 2. The second-order valence-electron chi connectivity index (χ2n) is 6.14. The third kappa shape index (κ3) is 3.38. The lowest BCUT2D eigenvalue weighted by atomic mass is 10.0. The first kappa shape index (κ1) is 16.7. The highest BCUT2D eigenvalue weighted by Crippen LogP contribution is 2.20. The zero-order valence-corrected chi connectivity index (χ0v) is 14.2. The number of amides is 2. The third-order valence-corrected chi connectivity index (χ3v) is 4.22. The molecule has 1 atom stereocenters. The molecule has 0 aliphatic heterocycles. The Kier molecular flexibility index (Phi) is 4.52. The van der Waals surface area contributed by atoms with Crippen LogP contribution in [-0.4, -0.2) is 21.6 Å². The van der Waals surface area contributed by atoms with Crippen molar-refractivity contribution < 1.29 is 9.59 Å². The molecule has 6 heteroatoms. The van der Waals surface area contributed by atoms with Gasteiger partial charge in [-0.1, -0.05) is 37.3 Å². The molecule has 3 aromatic rings. The first-order valence-electron chi connectivity index (χ1n) is 8.08. The van der Waals surface area contributed by atoms with E-state index in [1.54, 1.807) is 31.3 Å². The van der Waals surface area contributed by atoms with Crippen molar-refractivity contribution in [3.63, 3.8) is 0 Å². The van der Waals surface area contributed by atoms with Gasteiger partial charge in [0.15, 0.2) is 0 Å². The number of carbonyl (C=O) groups is 2. The number of nitrogens with one attached hydrogen (secondary N) is 1. The molecule has 0 saturated heterocycles. The molecule has 128 valence electrons. The van der Waals surface area contributed by atoms with Gasteiger partial charge in [-0.15, -0.1) is 0 Å². The van der Waals surface area contributed by atoms with Crippen LogP contribution in [0.4, 0.5) is 5.69 Å². The number of primary amides is 1. The SMILES string of the molecule is Cc1cccc(NC(=O)[C@@H](C)Cn2ncc3ccccc32)c1C(N)=O. The molecule has 3 rings (SSSR count). The average molecular weight is 336 g/mol. The van der Waals surface area contributed by atoms with Crippen LogP contribution < -0.4 is 11.1 Å². The molecule has 0 unspecified atom stereocenters. The molecule has 2 aromatic carbocycles. The fraction of sp³-hybridized carbons (Fsp3) is 0.211. The summed E-state index contributed by atoms with van der Waals surface area (Å²) in [6.45, 7) is 4.05. The molecule has 6 nitrogen and oxygen atoms in total. The molecule has 0 aliphatic rings.